The van der Waals surface area contributed by atoms with E-state index in [2.05, 4.69) is 16.9 Å². The molecule has 5 nitrogen and oxygen atoms in total. The standard InChI is InChI=1S/C13H21N3O2/c1-9-3-2-4-11(5-9)18-13(17)12(14)6-10-7-15-8-16-10/h7-9,11-12H,2-6,14H2,1H3,(H,15,16). The van der Waals surface area contributed by atoms with Crippen LogP contribution in [-0.2, 0) is 16.0 Å². The average Bonchev–Trinajstić information content (AvgIpc) is 2.81. The van der Waals surface area contributed by atoms with Crippen molar-refractivity contribution in [1.29, 1.82) is 0 Å². The highest BCUT2D eigenvalue weighted by atomic mass is 16.5. The maximum Gasteiger partial charge on any atom is 0.323 e. The summed E-state index contributed by atoms with van der Waals surface area (Å²) in [4.78, 5) is 18.7. The Morgan fingerprint density at radius 3 is 3.17 bits per heavy atom. The van der Waals surface area contributed by atoms with Crippen LogP contribution in [0.1, 0.15) is 38.3 Å². The summed E-state index contributed by atoms with van der Waals surface area (Å²) in [6.07, 6.45) is 8.04. The molecule has 0 saturated heterocycles. The SMILES string of the molecule is CC1CCCC(OC(=O)C(N)Cc2cnc[nH]2)C1. The molecule has 0 aliphatic heterocycles. The Kier molecular flexibility index (Phi) is 4.36. The lowest BCUT2D eigenvalue weighted by Gasteiger charge is -2.27. The lowest BCUT2D eigenvalue weighted by Crippen LogP contribution is -2.37. The van der Waals surface area contributed by atoms with E-state index in [0.717, 1.165) is 25.0 Å². The molecule has 1 saturated carbocycles. The number of hydrogen-bond acceptors (Lipinski definition) is 4. The predicted octanol–water partition coefficient (Wildman–Crippen LogP) is 1.40. The monoisotopic (exact) mass is 251 g/mol. The van der Waals surface area contributed by atoms with Crippen LogP contribution in [-0.4, -0.2) is 28.1 Å². The van der Waals surface area contributed by atoms with E-state index in [1.807, 2.05) is 0 Å². The number of nitrogens with zero attached hydrogens (tertiary/aromatic N) is 1. The van der Waals surface area contributed by atoms with Crippen molar-refractivity contribution < 1.29 is 9.53 Å². The third-order valence-corrected chi connectivity index (χ3v) is 3.47. The van der Waals surface area contributed by atoms with Crippen molar-refractivity contribution in [2.45, 2.75) is 51.2 Å². The van der Waals surface area contributed by atoms with E-state index in [9.17, 15) is 4.79 Å². The van der Waals surface area contributed by atoms with Gasteiger partial charge in [0.05, 0.1) is 6.33 Å². The Morgan fingerprint density at radius 2 is 2.50 bits per heavy atom. The summed E-state index contributed by atoms with van der Waals surface area (Å²) in [5, 5.41) is 0. The molecule has 0 radical (unpaired) electrons. The van der Waals surface area contributed by atoms with Gasteiger partial charge in [-0.2, -0.15) is 0 Å². The highest BCUT2D eigenvalue weighted by Crippen LogP contribution is 2.25. The fraction of sp³-hybridized carbons (Fsp3) is 0.692. The van der Waals surface area contributed by atoms with Crippen molar-refractivity contribution in [2.24, 2.45) is 11.7 Å². The minimum atomic E-state index is -0.609. The largest absolute Gasteiger partial charge is 0.461 e. The van der Waals surface area contributed by atoms with Crippen molar-refractivity contribution in [1.82, 2.24) is 9.97 Å². The third kappa shape index (κ3) is 3.57. The van der Waals surface area contributed by atoms with Gasteiger partial charge in [-0.1, -0.05) is 13.3 Å². The highest BCUT2D eigenvalue weighted by Gasteiger charge is 2.25. The first kappa shape index (κ1) is 13.1. The molecule has 0 aromatic carbocycles. The lowest BCUT2D eigenvalue weighted by molar-refractivity contribution is -0.152. The molecule has 1 fully saturated rings. The van der Waals surface area contributed by atoms with Crippen molar-refractivity contribution in [3.8, 4) is 0 Å². The van der Waals surface area contributed by atoms with Crippen LogP contribution in [0, 0.1) is 5.92 Å². The number of ether oxygens (including phenoxy) is 1. The summed E-state index contributed by atoms with van der Waals surface area (Å²) < 4.78 is 5.47. The fourth-order valence-electron chi connectivity index (χ4n) is 2.45. The zero-order valence-electron chi connectivity index (χ0n) is 10.8. The van der Waals surface area contributed by atoms with E-state index in [0.29, 0.717) is 12.3 Å². The van der Waals surface area contributed by atoms with Gasteiger partial charge in [0.1, 0.15) is 12.1 Å². The van der Waals surface area contributed by atoms with Crippen LogP contribution in [0.4, 0.5) is 0 Å². The molecule has 0 spiro atoms. The Morgan fingerprint density at radius 1 is 1.67 bits per heavy atom. The molecule has 1 aromatic heterocycles. The molecule has 100 valence electrons. The van der Waals surface area contributed by atoms with Crippen LogP contribution in [0.2, 0.25) is 0 Å². The lowest BCUT2D eigenvalue weighted by atomic mass is 9.89. The van der Waals surface area contributed by atoms with Gasteiger partial charge in [-0.05, 0) is 25.2 Å². The first-order valence-corrected chi connectivity index (χ1v) is 6.58. The molecule has 1 aromatic rings. The number of carbonyl (C=O) groups is 1. The number of H-pyrrole nitrogens is 1. The van der Waals surface area contributed by atoms with Crippen molar-refractivity contribution >= 4 is 5.97 Å². The average molecular weight is 251 g/mol. The number of nitrogens with one attached hydrogen (secondary N) is 1. The maximum atomic E-state index is 11.9. The third-order valence-electron chi connectivity index (χ3n) is 3.47. The first-order valence-electron chi connectivity index (χ1n) is 6.58. The Hall–Kier alpha value is -1.36. The van der Waals surface area contributed by atoms with Gasteiger partial charge in [-0.15, -0.1) is 0 Å². The molecular weight excluding hydrogens is 230 g/mol. The quantitative estimate of drug-likeness (QED) is 0.793. The first-order chi connectivity index (χ1) is 8.65. The van der Waals surface area contributed by atoms with Gasteiger partial charge in [0.15, 0.2) is 0 Å². The maximum absolute atomic E-state index is 11.9. The Labute approximate surface area is 107 Å². The number of hydrogen-bond donors (Lipinski definition) is 2. The van der Waals surface area contributed by atoms with Crippen molar-refractivity contribution in [3.63, 3.8) is 0 Å². The second-order valence-corrected chi connectivity index (χ2v) is 5.22. The summed E-state index contributed by atoms with van der Waals surface area (Å²) in [6.45, 7) is 2.20. The van der Waals surface area contributed by atoms with Gasteiger partial charge in [-0.25, -0.2) is 4.98 Å². The van der Waals surface area contributed by atoms with E-state index in [1.54, 1.807) is 12.5 Å². The topological polar surface area (TPSA) is 81.0 Å². The number of rotatable bonds is 4. The molecule has 5 heteroatoms. The summed E-state index contributed by atoms with van der Waals surface area (Å²) in [5.74, 6) is 0.337. The molecule has 1 aliphatic carbocycles. The number of carbonyl (C=O) groups excluding carboxylic acids is 1. The van der Waals surface area contributed by atoms with Crippen LogP contribution in [0.5, 0.6) is 0 Å². The smallest absolute Gasteiger partial charge is 0.323 e. The molecule has 0 bridgehead atoms. The number of esters is 1. The van der Waals surface area contributed by atoms with E-state index in [-0.39, 0.29) is 12.1 Å². The van der Waals surface area contributed by atoms with Crippen LogP contribution in [0.15, 0.2) is 12.5 Å². The Bertz CT molecular complexity index is 378. The number of aromatic nitrogens is 2. The molecule has 2 rings (SSSR count). The second-order valence-electron chi connectivity index (χ2n) is 5.22. The van der Waals surface area contributed by atoms with Crippen LogP contribution >= 0.6 is 0 Å². The highest BCUT2D eigenvalue weighted by molar-refractivity contribution is 5.76. The van der Waals surface area contributed by atoms with Crippen LogP contribution in [0.25, 0.3) is 0 Å². The summed E-state index contributed by atoms with van der Waals surface area (Å²) in [5.41, 5.74) is 6.70. The number of aromatic amines is 1. The minimum Gasteiger partial charge on any atom is -0.461 e. The molecule has 1 aliphatic rings. The number of imidazole rings is 1. The minimum absolute atomic E-state index is 0.0501. The van der Waals surface area contributed by atoms with E-state index >= 15 is 0 Å². The van der Waals surface area contributed by atoms with E-state index in [1.165, 1.54) is 6.42 Å². The fourth-order valence-corrected chi connectivity index (χ4v) is 2.45. The molecule has 3 N–H and O–H groups in total. The summed E-state index contributed by atoms with van der Waals surface area (Å²) in [7, 11) is 0. The predicted molar refractivity (Wildman–Crippen MR) is 67.8 cm³/mol. The second kappa shape index (κ2) is 6.00. The van der Waals surface area contributed by atoms with E-state index in [4.69, 9.17) is 10.5 Å². The van der Waals surface area contributed by atoms with Gasteiger partial charge >= 0.3 is 5.97 Å². The summed E-state index contributed by atoms with van der Waals surface area (Å²) in [6, 6.07) is -0.609. The molecule has 3 unspecified atom stereocenters. The molecular formula is C13H21N3O2. The van der Waals surface area contributed by atoms with Gasteiger partial charge in [0.25, 0.3) is 0 Å². The normalized spacial score (nSPS) is 25.7. The van der Waals surface area contributed by atoms with Gasteiger partial charge in [0, 0.05) is 18.3 Å². The number of nitrogens with two attached hydrogens (primary N) is 1. The van der Waals surface area contributed by atoms with Crippen molar-refractivity contribution in [2.75, 3.05) is 0 Å². The summed E-state index contributed by atoms with van der Waals surface area (Å²) >= 11 is 0. The van der Waals surface area contributed by atoms with Crippen molar-refractivity contribution in [3.05, 3.63) is 18.2 Å². The zero-order chi connectivity index (χ0) is 13.0. The van der Waals surface area contributed by atoms with Gasteiger partial charge in [0.2, 0.25) is 0 Å². The molecule has 1 heterocycles. The van der Waals surface area contributed by atoms with Crippen LogP contribution < -0.4 is 5.73 Å². The molecule has 18 heavy (non-hydrogen) atoms. The zero-order valence-corrected chi connectivity index (χ0v) is 10.8. The van der Waals surface area contributed by atoms with Gasteiger partial charge in [-0.3, -0.25) is 4.79 Å². The molecule has 3 atom stereocenters. The van der Waals surface area contributed by atoms with Gasteiger partial charge < -0.3 is 15.5 Å². The van der Waals surface area contributed by atoms with Crippen LogP contribution in [0.3, 0.4) is 0 Å². The Balaban J connectivity index is 1.79. The van der Waals surface area contributed by atoms with E-state index < -0.39 is 6.04 Å². The molecule has 0 amide bonds.